The number of hydrogen-bond donors (Lipinski definition) is 2. The van der Waals surface area contributed by atoms with E-state index in [1.54, 1.807) is 37.3 Å². The Balaban J connectivity index is 1.52. The highest BCUT2D eigenvalue weighted by atomic mass is 32.2. The molecule has 0 bridgehead atoms. The Labute approximate surface area is 164 Å². The van der Waals surface area contributed by atoms with Crippen molar-refractivity contribution in [2.24, 2.45) is 0 Å². The van der Waals surface area contributed by atoms with Crippen LogP contribution in [-0.4, -0.2) is 39.0 Å². The first-order valence-electron chi connectivity index (χ1n) is 8.83. The van der Waals surface area contributed by atoms with Crippen molar-refractivity contribution < 1.29 is 27.8 Å². The average molecular weight is 405 g/mol. The molecule has 8 heteroatoms. The molecule has 1 amide bonds. The molecular weight excluding hydrogens is 382 g/mol. The molecule has 3 rings (SSSR count). The molecule has 28 heavy (non-hydrogen) atoms. The minimum absolute atomic E-state index is 0.0541. The second kappa shape index (κ2) is 7.81. The van der Waals surface area contributed by atoms with Crippen LogP contribution in [0.3, 0.4) is 0 Å². The van der Waals surface area contributed by atoms with Crippen LogP contribution in [0.1, 0.15) is 24.5 Å². The van der Waals surface area contributed by atoms with Gasteiger partial charge in [0.2, 0.25) is 12.7 Å². The predicted molar refractivity (Wildman–Crippen MR) is 103 cm³/mol. The number of hydrogen-bond acceptors (Lipinski definition) is 6. The van der Waals surface area contributed by atoms with Gasteiger partial charge in [-0.05, 0) is 48.7 Å². The number of carbonyl (C=O) groups excluding carboxylic acids is 1. The number of aryl methyl sites for hydroxylation is 1. The van der Waals surface area contributed by atoms with E-state index in [-0.39, 0.29) is 30.6 Å². The van der Waals surface area contributed by atoms with Crippen LogP contribution < -0.4 is 14.8 Å². The molecule has 0 aliphatic carbocycles. The standard InChI is InChI=1S/C20H23NO6S/c1-20(23,15-6-9-17-18(11-15)27-13-26-17)12-21-19(22)10-5-14-3-7-16(8-4-14)28(2,24)25/h3-4,6-9,11,23H,5,10,12-13H2,1-2H3,(H,21,22). The summed E-state index contributed by atoms with van der Waals surface area (Å²) in [5.74, 6) is 1.00. The van der Waals surface area contributed by atoms with Gasteiger partial charge in [-0.2, -0.15) is 0 Å². The zero-order valence-corrected chi connectivity index (χ0v) is 16.6. The molecule has 2 aromatic carbocycles. The molecule has 0 aromatic heterocycles. The van der Waals surface area contributed by atoms with E-state index < -0.39 is 15.4 Å². The molecule has 1 aliphatic rings. The maximum Gasteiger partial charge on any atom is 0.231 e. The lowest BCUT2D eigenvalue weighted by Crippen LogP contribution is -2.38. The van der Waals surface area contributed by atoms with E-state index in [0.29, 0.717) is 23.5 Å². The maximum absolute atomic E-state index is 12.1. The van der Waals surface area contributed by atoms with Gasteiger partial charge in [0.15, 0.2) is 21.3 Å². The lowest BCUT2D eigenvalue weighted by atomic mass is 9.95. The topological polar surface area (TPSA) is 102 Å². The Morgan fingerprint density at radius 2 is 1.82 bits per heavy atom. The fourth-order valence-corrected chi connectivity index (χ4v) is 3.48. The van der Waals surface area contributed by atoms with Crippen LogP contribution >= 0.6 is 0 Å². The zero-order chi connectivity index (χ0) is 20.4. The molecule has 0 spiro atoms. The second-order valence-corrected chi connectivity index (χ2v) is 9.05. The molecule has 0 saturated carbocycles. The largest absolute Gasteiger partial charge is 0.454 e. The highest BCUT2D eigenvalue weighted by Gasteiger charge is 2.26. The number of aliphatic hydroxyl groups is 1. The molecule has 0 radical (unpaired) electrons. The van der Waals surface area contributed by atoms with E-state index in [1.807, 2.05) is 0 Å². The third-order valence-electron chi connectivity index (χ3n) is 4.62. The highest BCUT2D eigenvalue weighted by molar-refractivity contribution is 7.90. The van der Waals surface area contributed by atoms with E-state index in [1.165, 1.54) is 12.1 Å². The Hall–Kier alpha value is -2.58. The lowest BCUT2D eigenvalue weighted by molar-refractivity contribution is -0.122. The summed E-state index contributed by atoms with van der Waals surface area (Å²) in [6, 6.07) is 11.6. The van der Waals surface area contributed by atoms with Crippen LogP contribution in [0.5, 0.6) is 11.5 Å². The first-order valence-corrected chi connectivity index (χ1v) is 10.7. The molecule has 1 atom stereocenters. The molecule has 7 nitrogen and oxygen atoms in total. The molecule has 0 fully saturated rings. The zero-order valence-electron chi connectivity index (χ0n) is 15.8. The molecule has 1 aliphatic heterocycles. The van der Waals surface area contributed by atoms with Gasteiger partial charge >= 0.3 is 0 Å². The summed E-state index contributed by atoms with van der Waals surface area (Å²) >= 11 is 0. The number of amides is 1. The van der Waals surface area contributed by atoms with Crippen molar-refractivity contribution in [2.75, 3.05) is 19.6 Å². The van der Waals surface area contributed by atoms with E-state index >= 15 is 0 Å². The number of carbonyl (C=O) groups is 1. The smallest absolute Gasteiger partial charge is 0.231 e. The fraction of sp³-hybridized carbons (Fsp3) is 0.350. The van der Waals surface area contributed by atoms with Gasteiger partial charge in [0.05, 0.1) is 11.4 Å². The van der Waals surface area contributed by atoms with Crippen molar-refractivity contribution in [1.82, 2.24) is 5.32 Å². The summed E-state index contributed by atoms with van der Waals surface area (Å²) in [5, 5.41) is 13.4. The minimum atomic E-state index is -3.23. The molecule has 1 unspecified atom stereocenters. The summed E-state index contributed by atoms with van der Waals surface area (Å²) < 4.78 is 33.5. The minimum Gasteiger partial charge on any atom is -0.454 e. The molecule has 1 heterocycles. The van der Waals surface area contributed by atoms with Crippen molar-refractivity contribution in [3.63, 3.8) is 0 Å². The highest BCUT2D eigenvalue weighted by Crippen LogP contribution is 2.35. The lowest BCUT2D eigenvalue weighted by Gasteiger charge is -2.24. The summed E-state index contributed by atoms with van der Waals surface area (Å²) in [5.41, 5.74) is 0.229. The molecule has 2 aromatic rings. The first kappa shape index (κ1) is 20.2. The number of fused-ring (bicyclic) bond motifs is 1. The molecule has 150 valence electrons. The van der Waals surface area contributed by atoms with Crippen LogP contribution in [0.15, 0.2) is 47.4 Å². The normalized spacial score (nSPS) is 15.1. The van der Waals surface area contributed by atoms with Crippen molar-refractivity contribution >= 4 is 15.7 Å². The molecular formula is C20H23NO6S. The number of sulfone groups is 1. The Bertz CT molecular complexity index is 967. The Kier molecular flexibility index (Phi) is 5.62. The summed E-state index contributed by atoms with van der Waals surface area (Å²) in [4.78, 5) is 12.4. The monoisotopic (exact) mass is 405 g/mol. The Morgan fingerprint density at radius 1 is 1.14 bits per heavy atom. The first-order chi connectivity index (χ1) is 13.1. The van der Waals surface area contributed by atoms with Crippen molar-refractivity contribution in [1.29, 1.82) is 0 Å². The summed E-state index contributed by atoms with van der Waals surface area (Å²) in [6.07, 6.45) is 1.86. The van der Waals surface area contributed by atoms with E-state index in [2.05, 4.69) is 5.32 Å². The number of rotatable bonds is 7. The van der Waals surface area contributed by atoms with E-state index in [0.717, 1.165) is 11.8 Å². The van der Waals surface area contributed by atoms with Crippen molar-refractivity contribution in [2.45, 2.75) is 30.3 Å². The average Bonchev–Trinajstić information content (AvgIpc) is 3.12. The second-order valence-electron chi connectivity index (χ2n) is 7.03. The molecule has 0 saturated heterocycles. The van der Waals surface area contributed by atoms with Crippen molar-refractivity contribution in [3.8, 4) is 11.5 Å². The Morgan fingerprint density at radius 3 is 2.50 bits per heavy atom. The van der Waals surface area contributed by atoms with Gasteiger partial charge in [-0.15, -0.1) is 0 Å². The number of benzene rings is 2. The van der Waals surface area contributed by atoms with Gasteiger partial charge in [0.1, 0.15) is 5.60 Å². The van der Waals surface area contributed by atoms with Gasteiger partial charge in [-0.1, -0.05) is 18.2 Å². The third kappa shape index (κ3) is 4.82. The van der Waals surface area contributed by atoms with Crippen LogP contribution in [0.4, 0.5) is 0 Å². The summed E-state index contributed by atoms with van der Waals surface area (Å²) in [7, 11) is -3.23. The van der Waals surface area contributed by atoms with Gasteiger partial charge in [0.25, 0.3) is 0 Å². The number of nitrogens with one attached hydrogen (secondary N) is 1. The summed E-state index contributed by atoms with van der Waals surface area (Å²) in [6.45, 7) is 1.83. The molecule has 2 N–H and O–H groups in total. The third-order valence-corrected chi connectivity index (χ3v) is 5.74. The SMILES string of the molecule is CC(O)(CNC(=O)CCc1ccc(S(C)(=O)=O)cc1)c1ccc2c(c1)OCO2. The van der Waals surface area contributed by atoms with Gasteiger partial charge in [-0.25, -0.2) is 8.42 Å². The van der Waals surface area contributed by atoms with Crippen molar-refractivity contribution in [3.05, 3.63) is 53.6 Å². The van der Waals surface area contributed by atoms with Crippen LogP contribution in [0.25, 0.3) is 0 Å². The quantitative estimate of drug-likeness (QED) is 0.728. The van der Waals surface area contributed by atoms with Crippen LogP contribution in [0.2, 0.25) is 0 Å². The number of ether oxygens (including phenoxy) is 2. The van der Waals surface area contributed by atoms with Crippen LogP contribution in [-0.2, 0) is 26.7 Å². The van der Waals surface area contributed by atoms with Crippen LogP contribution in [0, 0.1) is 0 Å². The predicted octanol–water partition coefficient (Wildman–Crippen LogP) is 1.78. The fourth-order valence-electron chi connectivity index (χ4n) is 2.85. The maximum atomic E-state index is 12.1. The van der Waals surface area contributed by atoms with Gasteiger partial charge < -0.3 is 19.9 Å². The van der Waals surface area contributed by atoms with E-state index in [9.17, 15) is 18.3 Å². The van der Waals surface area contributed by atoms with Gasteiger partial charge in [0, 0.05) is 12.7 Å². The van der Waals surface area contributed by atoms with Gasteiger partial charge in [-0.3, -0.25) is 4.79 Å². The van der Waals surface area contributed by atoms with E-state index in [4.69, 9.17) is 9.47 Å².